The first-order valence-corrected chi connectivity index (χ1v) is 7.23. The summed E-state index contributed by atoms with van der Waals surface area (Å²) in [5.41, 5.74) is 7.14. The highest BCUT2D eigenvalue weighted by molar-refractivity contribution is 5.85. The highest BCUT2D eigenvalue weighted by Gasteiger charge is 2.18. The number of aromatic nitrogens is 2. The SMILES string of the molecule is CC(=O)NC(Cc1cncn1COCc1ccccc1)C(N)=O. The number of hydrogen-bond donors (Lipinski definition) is 2. The van der Waals surface area contributed by atoms with E-state index in [0.717, 1.165) is 11.3 Å². The van der Waals surface area contributed by atoms with Gasteiger partial charge in [-0.15, -0.1) is 0 Å². The van der Waals surface area contributed by atoms with Gasteiger partial charge >= 0.3 is 0 Å². The zero-order valence-corrected chi connectivity index (χ0v) is 12.9. The van der Waals surface area contributed by atoms with Gasteiger partial charge in [-0.05, 0) is 5.56 Å². The molecule has 0 fully saturated rings. The van der Waals surface area contributed by atoms with Crippen molar-refractivity contribution in [1.82, 2.24) is 14.9 Å². The van der Waals surface area contributed by atoms with Crippen molar-refractivity contribution in [3.8, 4) is 0 Å². The largest absolute Gasteiger partial charge is 0.368 e. The molecule has 0 aliphatic carbocycles. The van der Waals surface area contributed by atoms with Crippen LogP contribution in [-0.2, 0) is 34.1 Å². The smallest absolute Gasteiger partial charge is 0.240 e. The molecule has 0 saturated carbocycles. The van der Waals surface area contributed by atoms with Crippen LogP contribution in [0.5, 0.6) is 0 Å². The number of imidazole rings is 1. The number of nitrogens with one attached hydrogen (secondary N) is 1. The van der Waals surface area contributed by atoms with Crippen molar-refractivity contribution >= 4 is 11.8 Å². The Morgan fingerprint density at radius 3 is 2.74 bits per heavy atom. The van der Waals surface area contributed by atoms with Crippen LogP contribution < -0.4 is 11.1 Å². The normalized spacial score (nSPS) is 11.9. The van der Waals surface area contributed by atoms with Crippen LogP contribution in [0.4, 0.5) is 0 Å². The average Bonchev–Trinajstić information content (AvgIpc) is 2.94. The molecule has 7 nitrogen and oxygen atoms in total. The summed E-state index contributed by atoms with van der Waals surface area (Å²) in [6.07, 6.45) is 3.51. The van der Waals surface area contributed by atoms with E-state index in [1.165, 1.54) is 6.92 Å². The van der Waals surface area contributed by atoms with Gasteiger partial charge in [-0.25, -0.2) is 4.98 Å². The summed E-state index contributed by atoms with van der Waals surface area (Å²) in [7, 11) is 0. The standard InChI is InChI=1S/C16H20N4O3/c1-12(21)19-15(16(17)22)7-14-8-18-10-20(14)11-23-9-13-5-3-2-4-6-13/h2-6,8,10,15H,7,9,11H2,1H3,(H2,17,22)(H,19,21). The van der Waals surface area contributed by atoms with E-state index in [4.69, 9.17) is 10.5 Å². The van der Waals surface area contributed by atoms with E-state index in [9.17, 15) is 9.59 Å². The average molecular weight is 316 g/mol. The fraction of sp³-hybridized carbons (Fsp3) is 0.312. The molecule has 0 spiro atoms. The highest BCUT2D eigenvalue weighted by Crippen LogP contribution is 2.06. The molecule has 2 amide bonds. The minimum Gasteiger partial charge on any atom is -0.368 e. The summed E-state index contributed by atoms with van der Waals surface area (Å²) in [6.45, 7) is 2.12. The molecule has 2 rings (SSSR count). The van der Waals surface area contributed by atoms with Gasteiger partial charge in [0.05, 0.1) is 12.9 Å². The predicted octanol–water partition coefficient (Wildman–Crippen LogP) is 0.590. The summed E-state index contributed by atoms with van der Waals surface area (Å²) in [5, 5.41) is 2.53. The molecule has 1 atom stereocenters. The Balaban J connectivity index is 1.93. The fourth-order valence-corrected chi connectivity index (χ4v) is 2.15. The van der Waals surface area contributed by atoms with Gasteiger partial charge in [0.1, 0.15) is 12.8 Å². The van der Waals surface area contributed by atoms with Gasteiger partial charge in [-0.1, -0.05) is 30.3 Å². The molecule has 1 heterocycles. The van der Waals surface area contributed by atoms with Gasteiger partial charge in [0.25, 0.3) is 0 Å². The molecule has 1 unspecified atom stereocenters. The molecule has 0 saturated heterocycles. The van der Waals surface area contributed by atoms with E-state index in [1.54, 1.807) is 17.1 Å². The molecular formula is C16H20N4O3. The summed E-state index contributed by atoms with van der Waals surface area (Å²) in [4.78, 5) is 26.6. The summed E-state index contributed by atoms with van der Waals surface area (Å²) >= 11 is 0. The zero-order valence-electron chi connectivity index (χ0n) is 12.9. The van der Waals surface area contributed by atoms with Crippen LogP contribution in [-0.4, -0.2) is 27.4 Å². The maximum Gasteiger partial charge on any atom is 0.240 e. The number of primary amides is 1. The first kappa shape index (κ1) is 16.7. The number of rotatable bonds is 8. The molecule has 122 valence electrons. The minimum atomic E-state index is -0.767. The van der Waals surface area contributed by atoms with E-state index in [1.807, 2.05) is 30.3 Å². The van der Waals surface area contributed by atoms with Gasteiger partial charge in [-0.3, -0.25) is 9.59 Å². The second-order valence-electron chi connectivity index (χ2n) is 5.18. The van der Waals surface area contributed by atoms with Crippen molar-refractivity contribution < 1.29 is 14.3 Å². The molecule has 2 aromatic rings. The van der Waals surface area contributed by atoms with Crippen molar-refractivity contribution in [2.24, 2.45) is 5.73 Å². The van der Waals surface area contributed by atoms with Crippen LogP contribution in [0.15, 0.2) is 42.9 Å². The Bertz CT molecular complexity index is 654. The maximum atomic E-state index is 11.4. The maximum absolute atomic E-state index is 11.4. The molecule has 1 aromatic heterocycles. The van der Waals surface area contributed by atoms with Crippen LogP contribution in [0.2, 0.25) is 0 Å². The molecule has 3 N–H and O–H groups in total. The molecule has 0 radical (unpaired) electrons. The Labute approximate surface area is 134 Å². The molecule has 7 heteroatoms. The molecule has 23 heavy (non-hydrogen) atoms. The van der Waals surface area contributed by atoms with Crippen molar-refractivity contribution in [2.45, 2.75) is 32.7 Å². The van der Waals surface area contributed by atoms with E-state index < -0.39 is 11.9 Å². The lowest BCUT2D eigenvalue weighted by atomic mass is 10.1. The van der Waals surface area contributed by atoms with Gasteiger partial charge in [-0.2, -0.15) is 0 Å². The van der Waals surface area contributed by atoms with Crippen LogP contribution in [0.3, 0.4) is 0 Å². The Morgan fingerprint density at radius 1 is 1.35 bits per heavy atom. The lowest BCUT2D eigenvalue weighted by molar-refractivity contribution is -0.126. The summed E-state index contributed by atoms with van der Waals surface area (Å²) in [5.74, 6) is -0.890. The quantitative estimate of drug-likeness (QED) is 0.744. The van der Waals surface area contributed by atoms with Crippen LogP contribution in [0, 0.1) is 0 Å². The Hall–Kier alpha value is -2.67. The third kappa shape index (κ3) is 5.23. The number of benzene rings is 1. The number of carbonyl (C=O) groups is 2. The lowest BCUT2D eigenvalue weighted by Crippen LogP contribution is -2.45. The first-order chi connectivity index (χ1) is 11.1. The lowest BCUT2D eigenvalue weighted by Gasteiger charge is -2.15. The summed E-state index contributed by atoms with van der Waals surface area (Å²) in [6, 6.07) is 9.04. The molecule has 0 aliphatic rings. The number of carbonyl (C=O) groups excluding carboxylic acids is 2. The zero-order chi connectivity index (χ0) is 16.7. The van der Waals surface area contributed by atoms with Gasteiger partial charge < -0.3 is 20.4 Å². The van der Waals surface area contributed by atoms with Gasteiger partial charge in [0, 0.05) is 25.2 Å². The fourth-order valence-electron chi connectivity index (χ4n) is 2.15. The third-order valence-electron chi connectivity index (χ3n) is 3.27. The number of nitrogens with zero attached hydrogens (tertiary/aromatic N) is 2. The Kier molecular flexibility index (Phi) is 5.87. The van der Waals surface area contributed by atoms with E-state index >= 15 is 0 Å². The molecular weight excluding hydrogens is 296 g/mol. The minimum absolute atomic E-state index is 0.267. The Morgan fingerprint density at radius 2 is 2.09 bits per heavy atom. The first-order valence-electron chi connectivity index (χ1n) is 7.23. The second-order valence-corrected chi connectivity index (χ2v) is 5.18. The number of hydrogen-bond acceptors (Lipinski definition) is 4. The van der Waals surface area contributed by atoms with Crippen LogP contribution >= 0.6 is 0 Å². The molecule has 1 aromatic carbocycles. The van der Waals surface area contributed by atoms with Gasteiger partial charge in [0.2, 0.25) is 11.8 Å². The number of nitrogens with two attached hydrogens (primary N) is 1. The van der Waals surface area contributed by atoms with E-state index in [2.05, 4.69) is 10.3 Å². The second kappa shape index (κ2) is 8.09. The predicted molar refractivity (Wildman–Crippen MR) is 84.0 cm³/mol. The van der Waals surface area contributed by atoms with Crippen molar-refractivity contribution in [3.63, 3.8) is 0 Å². The van der Waals surface area contributed by atoms with Crippen LogP contribution in [0.25, 0.3) is 0 Å². The number of amides is 2. The van der Waals surface area contributed by atoms with Gasteiger partial charge in [0.15, 0.2) is 0 Å². The monoisotopic (exact) mass is 316 g/mol. The van der Waals surface area contributed by atoms with E-state index in [0.29, 0.717) is 13.3 Å². The third-order valence-corrected chi connectivity index (χ3v) is 3.27. The van der Waals surface area contributed by atoms with E-state index in [-0.39, 0.29) is 12.3 Å². The van der Waals surface area contributed by atoms with Crippen molar-refractivity contribution in [2.75, 3.05) is 0 Å². The molecule has 0 aliphatic heterocycles. The highest BCUT2D eigenvalue weighted by atomic mass is 16.5. The van der Waals surface area contributed by atoms with Crippen molar-refractivity contribution in [3.05, 3.63) is 54.1 Å². The molecule has 0 bridgehead atoms. The summed E-state index contributed by atoms with van der Waals surface area (Å²) < 4.78 is 7.43. The topological polar surface area (TPSA) is 99.2 Å². The van der Waals surface area contributed by atoms with Crippen molar-refractivity contribution in [1.29, 1.82) is 0 Å². The van der Waals surface area contributed by atoms with Crippen LogP contribution in [0.1, 0.15) is 18.2 Å². The number of ether oxygens (including phenoxy) is 1.